The van der Waals surface area contributed by atoms with Crippen LogP contribution >= 0.6 is 0 Å². The van der Waals surface area contributed by atoms with Crippen LogP contribution in [-0.2, 0) is 9.59 Å². The van der Waals surface area contributed by atoms with Crippen LogP contribution in [0, 0.1) is 5.92 Å². The van der Waals surface area contributed by atoms with E-state index in [0.717, 1.165) is 24.5 Å². The van der Waals surface area contributed by atoms with Crippen LogP contribution in [0.4, 0.5) is 11.4 Å². The summed E-state index contributed by atoms with van der Waals surface area (Å²) in [5.41, 5.74) is 3.42. The first-order valence-corrected chi connectivity index (χ1v) is 11.9. The Morgan fingerprint density at radius 2 is 1.58 bits per heavy atom. The summed E-state index contributed by atoms with van der Waals surface area (Å²) in [5, 5.41) is 3.26. The number of ether oxygens (including phenoxy) is 1. The SMILES string of the molecule is CCOc1ccc(C2=C(Nc3ccc(N4CCCCC4)cc3)C(=O)N(CC(C)C)C2=O)cc1. The van der Waals surface area contributed by atoms with E-state index in [9.17, 15) is 9.59 Å². The van der Waals surface area contributed by atoms with Crippen molar-refractivity contribution in [3.05, 3.63) is 59.8 Å². The standard InChI is InChI=1S/C27H33N3O3/c1-4-33-23-14-8-20(9-15-23)24-25(27(32)30(26(24)31)18-19(2)3)28-21-10-12-22(13-11-21)29-16-6-5-7-17-29/h8-15,19,28H,4-7,16-18H2,1-3H3. The predicted octanol–water partition coefficient (Wildman–Crippen LogP) is 4.92. The van der Waals surface area contributed by atoms with Crippen LogP contribution in [0.2, 0.25) is 0 Å². The number of piperidine rings is 1. The molecule has 0 atom stereocenters. The molecule has 174 valence electrons. The molecule has 1 saturated heterocycles. The molecule has 0 spiro atoms. The quantitative estimate of drug-likeness (QED) is 0.582. The molecule has 0 aliphatic carbocycles. The Balaban J connectivity index is 1.63. The summed E-state index contributed by atoms with van der Waals surface area (Å²) in [4.78, 5) is 30.3. The van der Waals surface area contributed by atoms with Gasteiger partial charge in [-0.3, -0.25) is 14.5 Å². The normalized spacial score (nSPS) is 16.7. The van der Waals surface area contributed by atoms with E-state index in [2.05, 4.69) is 22.3 Å². The highest BCUT2D eigenvalue weighted by Crippen LogP contribution is 2.32. The summed E-state index contributed by atoms with van der Waals surface area (Å²) in [6, 6.07) is 15.5. The van der Waals surface area contributed by atoms with Crippen LogP contribution in [-0.4, -0.2) is 43.0 Å². The number of carbonyl (C=O) groups is 2. The molecule has 4 rings (SSSR count). The largest absolute Gasteiger partial charge is 0.494 e. The molecule has 33 heavy (non-hydrogen) atoms. The van der Waals surface area contributed by atoms with Gasteiger partial charge in [-0.1, -0.05) is 26.0 Å². The van der Waals surface area contributed by atoms with Gasteiger partial charge in [-0.15, -0.1) is 0 Å². The summed E-state index contributed by atoms with van der Waals surface area (Å²) in [6.45, 7) is 9.05. The molecule has 0 aromatic heterocycles. The number of rotatable bonds is 8. The molecular weight excluding hydrogens is 414 g/mol. The fourth-order valence-electron chi connectivity index (χ4n) is 4.43. The summed E-state index contributed by atoms with van der Waals surface area (Å²) in [5.74, 6) is 0.381. The number of imide groups is 1. The molecule has 1 fully saturated rings. The first kappa shape index (κ1) is 22.9. The summed E-state index contributed by atoms with van der Waals surface area (Å²) >= 11 is 0. The fourth-order valence-corrected chi connectivity index (χ4v) is 4.43. The van der Waals surface area contributed by atoms with Crippen LogP contribution < -0.4 is 15.0 Å². The van der Waals surface area contributed by atoms with Crippen molar-refractivity contribution in [1.29, 1.82) is 0 Å². The average Bonchev–Trinajstić information content (AvgIpc) is 3.05. The van der Waals surface area contributed by atoms with Gasteiger partial charge in [-0.25, -0.2) is 0 Å². The topological polar surface area (TPSA) is 61.9 Å². The Labute approximate surface area is 196 Å². The van der Waals surface area contributed by atoms with E-state index < -0.39 is 0 Å². The number of hydrogen-bond donors (Lipinski definition) is 1. The summed E-state index contributed by atoms with van der Waals surface area (Å²) in [7, 11) is 0. The zero-order chi connectivity index (χ0) is 23.4. The summed E-state index contributed by atoms with van der Waals surface area (Å²) < 4.78 is 5.53. The second-order valence-electron chi connectivity index (χ2n) is 9.04. The Morgan fingerprint density at radius 1 is 0.909 bits per heavy atom. The minimum atomic E-state index is -0.280. The molecule has 2 aliphatic rings. The maximum Gasteiger partial charge on any atom is 0.278 e. The number of benzene rings is 2. The van der Waals surface area contributed by atoms with Crippen molar-refractivity contribution in [2.45, 2.75) is 40.0 Å². The van der Waals surface area contributed by atoms with E-state index in [4.69, 9.17) is 4.74 Å². The highest BCUT2D eigenvalue weighted by atomic mass is 16.5. The van der Waals surface area contributed by atoms with Crippen LogP contribution in [0.1, 0.15) is 45.6 Å². The second kappa shape index (κ2) is 10.1. The van der Waals surface area contributed by atoms with Gasteiger partial charge >= 0.3 is 0 Å². The average molecular weight is 448 g/mol. The van der Waals surface area contributed by atoms with Crippen LogP contribution in [0.3, 0.4) is 0 Å². The van der Waals surface area contributed by atoms with E-state index >= 15 is 0 Å². The van der Waals surface area contributed by atoms with Gasteiger partial charge in [-0.05, 0) is 74.1 Å². The molecule has 0 radical (unpaired) electrons. The van der Waals surface area contributed by atoms with Crippen molar-refractivity contribution in [1.82, 2.24) is 4.90 Å². The molecular formula is C27H33N3O3. The van der Waals surface area contributed by atoms with Crippen molar-refractivity contribution in [3.8, 4) is 5.75 Å². The van der Waals surface area contributed by atoms with Gasteiger partial charge < -0.3 is 15.0 Å². The molecule has 2 aromatic rings. The van der Waals surface area contributed by atoms with Crippen LogP contribution in [0.15, 0.2) is 54.2 Å². The number of amides is 2. The van der Waals surface area contributed by atoms with Gasteiger partial charge in [0, 0.05) is 31.0 Å². The maximum absolute atomic E-state index is 13.3. The highest BCUT2D eigenvalue weighted by Gasteiger charge is 2.39. The molecule has 2 aromatic carbocycles. The van der Waals surface area contributed by atoms with Gasteiger partial charge in [-0.2, -0.15) is 0 Å². The zero-order valence-electron chi connectivity index (χ0n) is 19.8. The second-order valence-corrected chi connectivity index (χ2v) is 9.04. The third-order valence-electron chi connectivity index (χ3n) is 6.03. The number of anilines is 2. The third kappa shape index (κ3) is 5.05. The molecule has 2 aliphatic heterocycles. The Hall–Kier alpha value is -3.28. The van der Waals surface area contributed by atoms with Gasteiger partial charge in [0.15, 0.2) is 0 Å². The van der Waals surface area contributed by atoms with E-state index in [1.54, 1.807) is 0 Å². The number of nitrogens with one attached hydrogen (secondary N) is 1. The van der Waals surface area contributed by atoms with Crippen LogP contribution in [0.25, 0.3) is 5.57 Å². The summed E-state index contributed by atoms with van der Waals surface area (Å²) in [6.07, 6.45) is 3.74. The molecule has 6 heteroatoms. The number of nitrogens with zero attached hydrogens (tertiary/aromatic N) is 2. The van der Waals surface area contributed by atoms with Gasteiger partial charge in [0.2, 0.25) is 0 Å². The third-order valence-corrected chi connectivity index (χ3v) is 6.03. The molecule has 6 nitrogen and oxygen atoms in total. The van der Waals surface area contributed by atoms with E-state index in [1.807, 2.05) is 57.2 Å². The first-order valence-electron chi connectivity index (χ1n) is 11.9. The van der Waals surface area contributed by atoms with Gasteiger partial charge in [0.25, 0.3) is 11.8 Å². The molecule has 0 saturated carbocycles. The highest BCUT2D eigenvalue weighted by molar-refractivity contribution is 6.36. The lowest BCUT2D eigenvalue weighted by atomic mass is 10.0. The molecule has 2 amide bonds. The lowest BCUT2D eigenvalue weighted by Gasteiger charge is -2.28. The minimum absolute atomic E-state index is 0.183. The van der Waals surface area contributed by atoms with E-state index in [-0.39, 0.29) is 17.7 Å². The number of hydrogen-bond acceptors (Lipinski definition) is 5. The van der Waals surface area contributed by atoms with E-state index in [0.29, 0.717) is 30.0 Å². The first-order chi connectivity index (χ1) is 16.0. The Bertz CT molecular complexity index is 1020. The smallest absolute Gasteiger partial charge is 0.278 e. The molecule has 0 unspecified atom stereocenters. The van der Waals surface area contributed by atoms with Crippen molar-refractivity contribution in [2.75, 3.05) is 36.5 Å². The monoisotopic (exact) mass is 447 g/mol. The molecule has 2 heterocycles. The maximum atomic E-state index is 13.3. The lowest BCUT2D eigenvalue weighted by molar-refractivity contribution is -0.137. The molecule has 0 bridgehead atoms. The van der Waals surface area contributed by atoms with Crippen molar-refractivity contribution in [3.63, 3.8) is 0 Å². The molecule has 1 N–H and O–H groups in total. The van der Waals surface area contributed by atoms with Crippen LogP contribution in [0.5, 0.6) is 5.75 Å². The van der Waals surface area contributed by atoms with Crippen molar-refractivity contribution in [2.24, 2.45) is 5.92 Å². The predicted molar refractivity (Wildman–Crippen MR) is 132 cm³/mol. The van der Waals surface area contributed by atoms with Crippen molar-refractivity contribution < 1.29 is 14.3 Å². The van der Waals surface area contributed by atoms with Gasteiger partial charge in [0.05, 0.1) is 12.2 Å². The Kier molecular flexibility index (Phi) is 7.02. The minimum Gasteiger partial charge on any atom is -0.494 e. The lowest BCUT2D eigenvalue weighted by Crippen LogP contribution is -2.35. The van der Waals surface area contributed by atoms with Crippen molar-refractivity contribution >= 4 is 28.8 Å². The zero-order valence-corrected chi connectivity index (χ0v) is 19.8. The Morgan fingerprint density at radius 3 is 2.18 bits per heavy atom. The number of carbonyl (C=O) groups excluding carboxylic acids is 2. The fraction of sp³-hybridized carbons (Fsp3) is 0.407. The van der Waals surface area contributed by atoms with E-state index in [1.165, 1.54) is 29.8 Å². The van der Waals surface area contributed by atoms with Gasteiger partial charge in [0.1, 0.15) is 11.4 Å².